The second-order valence-electron chi connectivity index (χ2n) is 3.87. The van der Waals surface area contributed by atoms with E-state index in [-0.39, 0.29) is 11.7 Å². The predicted molar refractivity (Wildman–Crippen MR) is 78.3 cm³/mol. The maximum absolute atomic E-state index is 12.4. The summed E-state index contributed by atoms with van der Waals surface area (Å²) in [4.78, 5) is 28.5. The number of carbonyl (C=O) groups excluding carboxylic acids is 2. The van der Waals surface area contributed by atoms with Gasteiger partial charge in [-0.1, -0.05) is 54.2 Å². The molecule has 0 unspecified atom stereocenters. The van der Waals surface area contributed by atoms with E-state index in [0.717, 1.165) is 0 Å². The van der Waals surface area contributed by atoms with Crippen LogP contribution in [0.15, 0.2) is 58.0 Å². The Morgan fingerprint density at radius 3 is 2.42 bits per heavy atom. The van der Waals surface area contributed by atoms with Crippen molar-refractivity contribution >= 4 is 28.5 Å². The number of rotatable bonds is 3. The molecule has 0 aliphatic carbocycles. The van der Waals surface area contributed by atoms with Crippen LogP contribution in [0.3, 0.4) is 0 Å². The first kappa shape index (κ1) is 13.5. The van der Waals surface area contributed by atoms with Crippen LogP contribution >= 0.6 is 11.8 Å². The summed E-state index contributed by atoms with van der Waals surface area (Å²) in [5, 5.41) is 0.481. The van der Waals surface area contributed by atoms with Crippen molar-refractivity contribution in [2.45, 2.75) is 13.8 Å². The van der Waals surface area contributed by atoms with E-state index in [2.05, 4.69) is 4.99 Å². The van der Waals surface area contributed by atoms with Gasteiger partial charge >= 0.3 is 0 Å². The minimum Gasteiger partial charge on any atom is -0.289 e. The van der Waals surface area contributed by atoms with Gasteiger partial charge in [0.1, 0.15) is 5.04 Å². The maximum Gasteiger partial charge on any atom is 0.284 e. The van der Waals surface area contributed by atoms with Crippen LogP contribution < -0.4 is 0 Å². The van der Waals surface area contributed by atoms with Gasteiger partial charge < -0.3 is 0 Å². The molecule has 0 saturated heterocycles. The normalized spacial score (nSPS) is 17.8. The van der Waals surface area contributed by atoms with Crippen molar-refractivity contribution in [1.29, 1.82) is 0 Å². The first-order valence-electron chi connectivity index (χ1n) is 5.91. The highest BCUT2D eigenvalue weighted by Crippen LogP contribution is 2.31. The van der Waals surface area contributed by atoms with Gasteiger partial charge in [-0.05, 0) is 13.8 Å². The summed E-state index contributed by atoms with van der Waals surface area (Å²) in [6, 6.07) is 8.99. The van der Waals surface area contributed by atoms with Crippen LogP contribution in [0.1, 0.15) is 24.2 Å². The Morgan fingerprint density at radius 2 is 1.89 bits per heavy atom. The molecule has 1 amide bonds. The zero-order valence-corrected chi connectivity index (χ0v) is 11.5. The first-order valence-corrected chi connectivity index (χ1v) is 6.72. The Kier molecular flexibility index (Phi) is 4.12. The van der Waals surface area contributed by atoms with Crippen molar-refractivity contribution < 1.29 is 9.59 Å². The van der Waals surface area contributed by atoms with Crippen LogP contribution in [-0.4, -0.2) is 16.7 Å². The number of thioether (sulfide) groups is 1. The SMILES string of the molecule is C/C=C1\SC(/C(=C/C)C(=O)c2ccccc2)=NC1=O. The van der Waals surface area contributed by atoms with Gasteiger partial charge in [-0.2, -0.15) is 0 Å². The molecule has 4 heteroatoms. The molecule has 0 aromatic heterocycles. The molecule has 1 aromatic carbocycles. The van der Waals surface area contributed by atoms with E-state index in [1.165, 1.54) is 11.8 Å². The van der Waals surface area contributed by atoms with Crippen LogP contribution in [0.4, 0.5) is 0 Å². The van der Waals surface area contributed by atoms with E-state index in [1.807, 2.05) is 18.2 Å². The Balaban J connectivity index is 2.31. The highest BCUT2D eigenvalue weighted by Gasteiger charge is 2.26. The molecule has 0 N–H and O–H groups in total. The van der Waals surface area contributed by atoms with Crippen molar-refractivity contribution in [2.75, 3.05) is 0 Å². The molecule has 1 aromatic rings. The third kappa shape index (κ3) is 2.74. The van der Waals surface area contributed by atoms with E-state index >= 15 is 0 Å². The molecule has 0 spiro atoms. The Morgan fingerprint density at radius 1 is 1.21 bits per heavy atom. The average molecular weight is 271 g/mol. The average Bonchev–Trinajstić information content (AvgIpc) is 2.81. The Hall–Kier alpha value is -1.94. The maximum atomic E-state index is 12.4. The van der Waals surface area contributed by atoms with Crippen LogP contribution in [-0.2, 0) is 4.79 Å². The van der Waals surface area contributed by atoms with Gasteiger partial charge in [0, 0.05) is 5.56 Å². The molecular formula is C15H13NO2S. The number of benzene rings is 1. The van der Waals surface area contributed by atoms with E-state index in [0.29, 0.717) is 21.1 Å². The smallest absolute Gasteiger partial charge is 0.284 e. The molecule has 0 saturated carbocycles. The topological polar surface area (TPSA) is 46.5 Å². The zero-order chi connectivity index (χ0) is 13.8. The van der Waals surface area contributed by atoms with Crippen LogP contribution in [0.5, 0.6) is 0 Å². The Labute approximate surface area is 116 Å². The molecule has 0 bridgehead atoms. The van der Waals surface area contributed by atoms with Gasteiger partial charge in [0.05, 0.1) is 10.5 Å². The number of ketones is 1. The molecule has 2 rings (SSSR count). The lowest BCUT2D eigenvalue weighted by atomic mass is 10.0. The number of hydrogen-bond donors (Lipinski definition) is 0. The highest BCUT2D eigenvalue weighted by molar-refractivity contribution is 8.19. The minimum absolute atomic E-state index is 0.112. The van der Waals surface area contributed by atoms with Gasteiger partial charge in [-0.3, -0.25) is 9.59 Å². The monoisotopic (exact) mass is 271 g/mol. The summed E-state index contributed by atoms with van der Waals surface area (Å²) < 4.78 is 0. The van der Waals surface area contributed by atoms with Crippen molar-refractivity contribution in [3.05, 3.63) is 58.5 Å². The molecule has 1 aliphatic heterocycles. The number of carbonyl (C=O) groups is 2. The van der Waals surface area contributed by atoms with Gasteiger partial charge in [-0.15, -0.1) is 0 Å². The van der Waals surface area contributed by atoms with Crippen LogP contribution in [0, 0.1) is 0 Å². The standard InChI is InChI=1S/C15H13NO2S/c1-3-11(13(17)10-8-6-5-7-9-10)15-16-14(18)12(4-2)19-15/h3-9H,1-2H3/b11-3+,12-4-. The number of Topliss-reactive ketones (excluding diaryl/α,β-unsaturated/α-hetero) is 1. The molecule has 96 valence electrons. The number of amides is 1. The van der Waals surface area contributed by atoms with Crippen molar-refractivity contribution in [2.24, 2.45) is 4.99 Å². The lowest BCUT2D eigenvalue weighted by Gasteiger charge is -2.04. The van der Waals surface area contributed by atoms with Crippen molar-refractivity contribution in [3.63, 3.8) is 0 Å². The fourth-order valence-corrected chi connectivity index (χ4v) is 2.62. The summed E-state index contributed by atoms with van der Waals surface area (Å²) >= 11 is 1.25. The van der Waals surface area contributed by atoms with E-state index in [1.54, 1.807) is 38.1 Å². The van der Waals surface area contributed by atoms with E-state index in [9.17, 15) is 9.59 Å². The van der Waals surface area contributed by atoms with E-state index in [4.69, 9.17) is 0 Å². The third-order valence-corrected chi connectivity index (χ3v) is 3.82. The second-order valence-corrected chi connectivity index (χ2v) is 4.91. The highest BCUT2D eigenvalue weighted by atomic mass is 32.2. The van der Waals surface area contributed by atoms with Gasteiger partial charge in [-0.25, -0.2) is 4.99 Å². The van der Waals surface area contributed by atoms with Crippen LogP contribution in [0.25, 0.3) is 0 Å². The molecular weight excluding hydrogens is 258 g/mol. The fraction of sp³-hybridized carbons (Fsp3) is 0.133. The molecule has 1 heterocycles. The number of nitrogens with zero attached hydrogens (tertiary/aromatic N) is 1. The Bertz CT molecular complexity index is 612. The molecule has 0 atom stereocenters. The molecule has 0 radical (unpaired) electrons. The minimum atomic E-state index is -0.275. The lowest BCUT2D eigenvalue weighted by Crippen LogP contribution is -2.09. The van der Waals surface area contributed by atoms with E-state index < -0.39 is 0 Å². The molecule has 19 heavy (non-hydrogen) atoms. The summed E-state index contributed by atoms with van der Waals surface area (Å²) in [6.07, 6.45) is 3.41. The van der Waals surface area contributed by atoms with Gasteiger partial charge in [0.15, 0.2) is 5.78 Å². The quantitative estimate of drug-likeness (QED) is 0.625. The number of aliphatic imine (C=N–C) groups is 1. The summed E-state index contributed by atoms with van der Waals surface area (Å²) in [6.45, 7) is 3.56. The van der Waals surface area contributed by atoms with Gasteiger partial charge in [0.25, 0.3) is 5.91 Å². The van der Waals surface area contributed by atoms with Gasteiger partial charge in [0.2, 0.25) is 0 Å². The number of hydrogen-bond acceptors (Lipinski definition) is 3. The summed E-state index contributed by atoms with van der Waals surface area (Å²) in [7, 11) is 0. The summed E-state index contributed by atoms with van der Waals surface area (Å²) in [5.74, 6) is -0.387. The fourth-order valence-electron chi connectivity index (χ4n) is 1.71. The number of allylic oxidation sites excluding steroid dienone is 2. The predicted octanol–water partition coefficient (Wildman–Crippen LogP) is 3.39. The van der Waals surface area contributed by atoms with Crippen LogP contribution in [0.2, 0.25) is 0 Å². The third-order valence-electron chi connectivity index (χ3n) is 2.68. The second kappa shape index (κ2) is 5.80. The molecule has 1 aliphatic rings. The van der Waals surface area contributed by atoms with Crippen molar-refractivity contribution in [3.8, 4) is 0 Å². The zero-order valence-electron chi connectivity index (χ0n) is 10.7. The molecule has 0 fully saturated rings. The van der Waals surface area contributed by atoms with Crippen molar-refractivity contribution in [1.82, 2.24) is 0 Å². The lowest BCUT2D eigenvalue weighted by molar-refractivity contribution is -0.113. The molecule has 3 nitrogen and oxygen atoms in total. The first-order chi connectivity index (χ1) is 9.17. The summed E-state index contributed by atoms with van der Waals surface area (Å²) in [5.41, 5.74) is 1.07. The largest absolute Gasteiger partial charge is 0.289 e.